The fourth-order valence-electron chi connectivity index (χ4n) is 5.87. The molecule has 1 aliphatic carbocycles. The monoisotopic (exact) mass is 547 g/mol. The van der Waals surface area contributed by atoms with Crippen molar-refractivity contribution in [3.05, 3.63) is 145 Å². The second-order valence-corrected chi connectivity index (χ2v) is 11.4. The number of anilines is 4. The molecule has 1 unspecified atom stereocenters. The van der Waals surface area contributed by atoms with E-state index in [9.17, 15) is 0 Å². The molecule has 208 valence electrons. The van der Waals surface area contributed by atoms with Gasteiger partial charge >= 0.3 is 0 Å². The minimum Gasteiger partial charge on any atom is -0.355 e. The number of benzene rings is 5. The summed E-state index contributed by atoms with van der Waals surface area (Å²) in [5.41, 5.74) is 11.2. The first-order valence-corrected chi connectivity index (χ1v) is 14.8. The fraction of sp³-hybridized carbons (Fsp3) is 0.154. The quantitative estimate of drug-likeness (QED) is 0.190. The zero-order valence-corrected chi connectivity index (χ0v) is 24.3. The van der Waals surface area contributed by atoms with E-state index in [1.54, 1.807) is 0 Å². The Morgan fingerprint density at radius 2 is 1.36 bits per heavy atom. The number of hydrogen-bond donors (Lipinski definition) is 2. The Kier molecular flexibility index (Phi) is 8.28. The predicted molar refractivity (Wildman–Crippen MR) is 181 cm³/mol. The number of aliphatic imine (C=N–C) groups is 1. The van der Waals surface area contributed by atoms with E-state index in [1.807, 2.05) is 42.6 Å². The Morgan fingerprint density at radius 3 is 2.17 bits per heavy atom. The molecule has 0 saturated carbocycles. The molecule has 0 bridgehead atoms. The SMILES string of the molecule is CC1C=C(c2ccc(-c3ccccc3)c(Nc3cccc(/C=N/c4ccccc4Nc4ccccc4)c3)c2)C[C@H](C)C1. The lowest BCUT2D eigenvalue weighted by molar-refractivity contribution is 0.457. The van der Waals surface area contributed by atoms with Crippen LogP contribution in [-0.2, 0) is 0 Å². The Labute approximate surface area is 249 Å². The molecule has 3 nitrogen and oxygen atoms in total. The second-order valence-electron chi connectivity index (χ2n) is 11.4. The first-order chi connectivity index (χ1) is 20.6. The Bertz CT molecular complexity index is 1700. The maximum atomic E-state index is 4.85. The van der Waals surface area contributed by atoms with Crippen molar-refractivity contribution in [3.8, 4) is 11.1 Å². The summed E-state index contributed by atoms with van der Waals surface area (Å²) in [5, 5.41) is 7.24. The maximum absolute atomic E-state index is 4.85. The van der Waals surface area contributed by atoms with Crippen LogP contribution in [0.3, 0.4) is 0 Å². The summed E-state index contributed by atoms with van der Waals surface area (Å²) in [6, 6.07) is 44.2. The van der Waals surface area contributed by atoms with Crippen LogP contribution in [0.1, 0.15) is 37.8 Å². The largest absolute Gasteiger partial charge is 0.355 e. The number of rotatable bonds is 8. The smallest absolute Gasteiger partial charge is 0.0864 e. The van der Waals surface area contributed by atoms with Crippen LogP contribution in [0.25, 0.3) is 16.7 Å². The Balaban J connectivity index is 1.29. The van der Waals surface area contributed by atoms with Crippen molar-refractivity contribution in [2.24, 2.45) is 16.8 Å². The highest BCUT2D eigenvalue weighted by molar-refractivity contribution is 5.88. The Morgan fingerprint density at radius 1 is 0.643 bits per heavy atom. The van der Waals surface area contributed by atoms with Crippen molar-refractivity contribution in [1.29, 1.82) is 0 Å². The van der Waals surface area contributed by atoms with Crippen LogP contribution in [0.15, 0.2) is 138 Å². The number of allylic oxidation sites excluding steroid dienone is 2. The van der Waals surface area contributed by atoms with Crippen LogP contribution in [0, 0.1) is 11.8 Å². The molecular formula is C39H37N3. The first kappa shape index (κ1) is 27.3. The predicted octanol–water partition coefficient (Wildman–Crippen LogP) is 11.0. The number of nitrogens with one attached hydrogen (secondary N) is 2. The third-order valence-electron chi connectivity index (χ3n) is 7.78. The van der Waals surface area contributed by atoms with E-state index in [2.05, 4.69) is 122 Å². The molecular weight excluding hydrogens is 510 g/mol. The molecule has 3 heteroatoms. The molecule has 0 heterocycles. The zero-order valence-electron chi connectivity index (χ0n) is 24.3. The first-order valence-electron chi connectivity index (χ1n) is 14.8. The van der Waals surface area contributed by atoms with Gasteiger partial charge in [0.1, 0.15) is 0 Å². The summed E-state index contributed by atoms with van der Waals surface area (Å²) in [6.45, 7) is 4.69. The summed E-state index contributed by atoms with van der Waals surface area (Å²) in [5.74, 6) is 1.31. The molecule has 0 aromatic heterocycles. The molecule has 2 N–H and O–H groups in total. The summed E-state index contributed by atoms with van der Waals surface area (Å²) in [4.78, 5) is 4.85. The lowest BCUT2D eigenvalue weighted by Gasteiger charge is -2.25. The van der Waals surface area contributed by atoms with Crippen molar-refractivity contribution in [3.63, 3.8) is 0 Å². The van der Waals surface area contributed by atoms with E-state index in [4.69, 9.17) is 4.99 Å². The van der Waals surface area contributed by atoms with Gasteiger partial charge < -0.3 is 10.6 Å². The standard InChI is InChI=1S/C39H37N3/c1-28-22-29(2)24-33(23-28)32-20-21-36(31-13-5-3-6-14-31)39(26-32)42-35-17-11-12-30(25-35)27-40-37-18-9-10-19-38(37)41-34-15-7-4-8-16-34/h3-21,23,25-29,41-42H,22,24H2,1-2H3/b40-27+/t28?,29-/m1/s1. The number of nitrogens with zero attached hydrogens (tertiary/aromatic N) is 1. The average molecular weight is 548 g/mol. The fourth-order valence-corrected chi connectivity index (χ4v) is 5.87. The minimum atomic E-state index is 0.609. The van der Waals surface area contributed by atoms with Crippen LogP contribution in [0.5, 0.6) is 0 Å². The van der Waals surface area contributed by atoms with Crippen LogP contribution < -0.4 is 10.6 Å². The van der Waals surface area contributed by atoms with Crippen LogP contribution in [-0.4, -0.2) is 6.21 Å². The molecule has 0 saturated heterocycles. The Hall–Kier alpha value is -4.89. The third-order valence-corrected chi connectivity index (χ3v) is 7.78. The normalized spacial score (nSPS) is 16.7. The highest BCUT2D eigenvalue weighted by Crippen LogP contribution is 2.38. The summed E-state index contributed by atoms with van der Waals surface area (Å²) in [7, 11) is 0. The van der Waals surface area contributed by atoms with Gasteiger partial charge in [0.15, 0.2) is 0 Å². The molecule has 6 rings (SSSR count). The van der Waals surface area contributed by atoms with Gasteiger partial charge in [-0.25, -0.2) is 0 Å². The highest BCUT2D eigenvalue weighted by atomic mass is 14.9. The lowest BCUT2D eigenvalue weighted by Crippen LogP contribution is -2.09. The van der Waals surface area contributed by atoms with Gasteiger partial charge in [-0.05, 0) is 89.4 Å². The van der Waals surface area contributed by atoms with Gasteiger partial charge in [0.25, 0.3) is 0 Å². The average Bonchev–Trinajstić information content (AvgIpc) is 3.01. The third kappa shape index (κ3) is 6.70. The molecule has 2 atom stereocenters. The van der Waals surface area contributed by atoms with E-state index in [0.29, 0.717) is 11.8 Å². The van der Waals surface area contributed by atoms with Crippen molar-refractivity contribution in [2.45, 2.75) is 26.7 Å². The molecule has 0 aliphatic heterocycles. The van der Waals surface area contributed by atoms with Gasteiger partial charge in [0.2, 0.25) is 0 Å². The summed E-state index contributed by atoms with van der Waals surface area (Å²) in [6.07, 6.45) is 6.78. The van der Waals surface area contributed by atoms with Crippen LogP contribution in [0.4, 0.5) is 28.4 Å². The van der Waals surface area contributed by atoms with Crippen molar-refractivity contribution in [2.75, 3.05) is 10.6 Å². The molecule has 1 aliphatic rings. The van der Waals surface area contributed by atoms with E-state index in [0.717, 1.165) is 40.4 Å². The van der Waals surface area contributed by atoms with Crippen molar-refractivity contribution in [1.82, 2.24) is 0 Å². The van der Waals surface area contributed by atoms with Crippen molar-refractivity contribution < 1.29 is 0 Å². The molecule has 0 spiro atoms. The second kappa shape index (κ2) is 12.7. The summed E-state index contributed by atoms with van der Waals surface area (Å²) >= 11 is 0. The molecule has 0 fully saturated rings. The van der Waals surface area contributed by atoms with Crippen LogP contribution in [0.2, 0.25) is 0 Å². The minimum absolute atomic E-state index is 0.609. The molecule has 42 heavy (non-hydrogen) atoms. The van der Waals surface area contributed by atoms with Gasteiger partial charge in [-0.2, -0.15) is 0 Å². The highest BCUT2D eigenvalue weighted by Gasteiger charge is 2.18. The van der Waals surface area contributed by atoms with Gasteiger partial charge in [-0.1, -0.05) is 105 Å². The van der Waals surface area contributed by atoms with Crippen molar-refractivity contribution >= 4 is 40.2 Å². The maximum Gasteiger partial charge on any atom is 0.0864 e. The molecule has 0 radical (unpaired) electrons. The van der Waals surface area contributed by atoms with E-state index >= 15 is 0 Å². The lowest BCUT2D eigenvalue weighted by atomic mass is 9.81. The topological polar surface area (TPSA) is 36.4 Å². The molecule has 0 amide bonds. The molecule has 5 aromatic rings. The van der Waals surface area contributed by atoms with Crippen LogP contribution >= 0.6 is 0 Å². The van der Waals surface area contributed by atoms with E-state index in [1.165, 1.54) is 28.7 Å². The van der Waals surface area contributed by atoms with E-state index < -0.39 is 0 Å². The molecule has 5 aromatic carbocycles. The summed E-state index contributed by atoms with van der Waals surface area (Å²) < 4.78 is 0. The zero-order chi connectivity index (χ0) is 28.7. The number of hydrogen-bond acceptors (Lipinski definition) is 3. The van der Waals surface area contributed by atoms with E-state index in [-0.39, 0.29) is 0 Å². The van der Waals surface area contributed by atoms with Gasteiger partial charge in [-0.15, -0.1) is 0 Å². The number of para-hydroxylation sites is 3. The van der Waals surface area contributed by atoms with Gasteiger partial charge in [0.05, 0.1) is 11.4 Å². The van der Waals surface area contributed by atoms with Gasteiger partial charge in [-0.3, -0.25) is 4.99 Å². The van der Waals surface area contributed by atoms with Gasteiger partial charge in [0, 0.05) is 28.8 Å².